The molecule has 0 atom stereocenters. The van der Waals surface area contributed by atoms with Crippen LogP contribution in [-0.4, -0.2) is 50.2 Å². The molecular formula is C20H25N3O4S. The number of carbonyl (C=O) groups is 2. The van der Waals surface area contributed by atoms with Gasteiger partial charge >= 0.3 is 0 Å². The highest BCUT2D eigenvalue weighted by Gasteiger charge is 2.34. The van der Waals surface area contributed by atoms with Crippen LogP contribution in [0.2, 0.25) is 0 Å². The molecule has 2 amide bonds. The van der Waals surface area contributed by atoms with Crippen LogP contribution in [0, 0.1) is 0 Å². The van der Waals surface area contributed by atoms with Crippen molar-refractivity contribution in [1.82, 2.24) is 9.62 Å². The number of nitrogens with one attached hydrogen (secondary N) is 1. The number of anilines is 1. The zero-order chi connectivity index (χ0) is 20.6. The highest BCUT2D eigenvalue weighted by molar-refractivity contribution is 7.89. The minimum absolute atomic E-state index is 0.0332. The lowest BCUT2D eigenvalue weighted by Gasteiger charge is -2.21. The molecule has 0 spiro atoms. The zero-order valence-electron chi connectivity index (χ0n) is 16.5. The third kappa shape index (κ3) is 3.27. The summed E-state index contributed by atoms with van der Waals surface area (Å²) in [4.78, 5) is 26.7. The number of rotatable bonds is 7. The average Bonchev–Trinajstić information content (AvgIpc) is 2.89. The third-order valence-electron chi connectivity index (χ3n) is 4.82. The smallest absolute Gasteiger partial charge is 0.259 e. The Bertz CT molecular complexity index is 1040. The summed E-state index contributed by atoms with van der Waals surface area (Å²) in [6, 6.07) is 8.18. The predicted molar refractivity (Wildman–Crippen MR) is 109 cm³/mol. The van der Waals surface area contributed by atoms with E-state index in [4.69, 9.17) is 0 Å². The predicted octanol–water partition coefficient (Wildman–Crippen LogP) is 2.36. The molecule has 1 aliphatic rings. The molecule has 0 radical (unpaired) electrons. The van der Waals surface area contributed by atoms with Gasteiger partial charge in [-0.25, -0.2) is 8.42 Å². The van der Waals surface area contributed by atoms with E-state index in [2.05, 4.69) is 5.32 Å². The standard InChI is InChI=1S/C20H25N3O4S/c1-5-22(6-2)28(26,27)17-11-10-16-19-14(17)8-7-9-15(19)20(25)23(16)12-18(24)21-13(3)4/h7-11,13H,5-6,12H2,1-4H3,(H,21,24). The number of amides is 2. The molecule has 7 nitrogen and oxygen atoms in total. The Balaban J connectivity index is 2.13. The van der Waals surface area contributed by atoms with Gasteiger partial charge in [0.15, 0.2) is 0 Å². The van der Waals surface area contributed by atoms with Gasteiger partial charge in [-0.3, -0.25) is 14.5 Å². The Morgan fingerprint density at radius 3 is 2.43 bits per heavy atom. The van der Waals surface area contributed by atoms with Crippen LogP contribution >= 0.6 is 0 Å². The van der Waals surface area contributed by atoms with Gasteiger partial charge in [0, 0.05) is 35.5 Å². The molecule has 0 unspecified atom stereocenters. The normalized spacial score (nSPS) is 13.8. The summed E-state index contributed by atoms with van der Waals surface area (Å²) in [5, 5.41) is 3.86. The van der Waals surface area contributed by atoms with Gasteiger partial charge in [-0.2, -0.15) is 4.31 Å². The molecule has 2 aromatic rings. The van der Waals surface area contributed by atoms with E-state index in [-0.39, 0.29) is 29.3 Å². The molecule has 8 heteroatoms. The van der Waals surface area contributed by atoms with Gasteiger partial charge in [-0.15, -0.1) is 0 Å². The fourth-order valence-electron chi connectivity index (χ4n) is 3.62. The van der Waals surface area contributed by atoms with E-state index in [0.717, 1.165) is 0 Å². The summed E-state index contributed by atoms with van der Waals surface area (Å²) in [7, 11) is -3.68. The van der Waals surface area contributed by atoms with Gasteiger partial charge in [0.1, 0.15) is 6.54 Å². The lowest BCUT2D eigenvalue weighted by molar-refractivity contribution is -0.120. The van der Waals surface area contributed by atoms with Crippen LogP contribution in [0.4, 0.5) is 5.69 Å². The third-order valence-corrected chi connectivity index (χ3v) is 6.93. The lowest BCUT2D eigenvalue weighted by atomic mass is 10.1. The molecule has 28 heavy (non-hydrogen) atoms. The molecule has 0 saturated carbocycles. The van der Waals surface area contributed by atoms with Crippen LogP contribution in [0.15, 0.2) is 35.2 Å². The van der Waals surface area contributed by atoms with Crippen molar-refractivity contribution in [2.45, 2.75) is 38.6 Å². The molecule has 0 aliphatic carbocycles. The minimum atomic E-state index is -3.68. The van der Waals surface area contributed by atoms with Crippen molar-refractivity contribution < 1.29 is 18.0 Å². The summed E-state index contributed by atoms with van der Waals surface area (Å²) in [6.07, 6.45) is 0. The highest BCUT2D eigenvalue weighted by atomic mass is 32.2. The van der Waals surface area contributed by atoms with Crippen molar-refractivity contribution in [1.29, 1.82) is 0 Å². The average molecular weight is 404 g/mol. The quantitative estimate of drug-likeness (QED) is 0.769. The molecule has 1 heterocycles. The van der Waals surface area contributed by atoms with Crippen molar-refractivity contribution >= 4 is 38.3 Å². The first-order valence-electron chi connectivity index (χ1n) is 9.39. The zero-order valence-corrected chi connectivity index (χ0v) is 17.3. The van der Waals surface area contributed by atoms with Crippen LogP contribution < -0.4 is 10.2 Å². The largest absolute Gasteiger partial charge is 0.352 e. The Morgan fingerprint density at radius 2 is 1.82 bits per heavy atom. The van der Waals surface area contributed by atoms with Crippen LogP contribution in [0.1, 0.15) is 38.1 Å². The summed E-state index contributed by atoms with van der Waals surface area (Å²) < 4.78 is 27.5. The summed E-state index contributed by atoms with van der Waals surface area (Å²) in [5.74, 6) is -0.555. The Labute approximate surface area is 165 Å². The van der Waals surface area contributed by atoms with Crippen LogP contribution in [0.5, 0.6) is 0 Å². The fourth-order valence-corrected chi connectivity index (χ4v) is 5.26. The van der Waals surface area contributed by atoms with Gasteiger partial charge in [0.25, 0.3) is 5.91 Å². The molecule has 0 saturated heterocycles. The minimum Gasteiger partial charge on any atom is -0.352 e. The number of nitrogens with zero attached hydrogens (tertiary/aromatic N) is 2. The Kier molecular flexibility index (Phi) is 5.45. The number of benzene rings is 2. The van der Waals surface area contributed by atoms with E-state index < -0.39 is 10.0 Å². The van der Waals surface area contributed by atoms with E-state index >= 15 is 0 Å². The first kappa shape index (κ1) is 20.3. The molecule has 1 N–H and O–H groups in total. The van der Waals surface area contributed by atoms with E-state index in [0.29, 0.717) is 35.1 Å². The Hall–Kier alpha value is -2.45. The number of sulfonamides is 1. The molecule has 2 aromatic carbocycles. The first-order valence-corrected chi connectivity index (χ1v) is 10.8. The second-order valence-electron chi connectivity index (χ2n) is 7.01. The van der Waals surface area contributed by atoms with E-state index in [1.54, 1.807) is 38.1 Å². The van der Waals surface area contributed by atoms with Gasteiger partial charge < -0.3 is 5.32 Å². The number of hydrogen-bond acceptors (Lipinski definition) is 4. The highest BCUT2D eigenvalue weighted by Crippen LogP contribution is 2.40. The maximum atomic E-state index is 13.1. The van der Waals surface area contributed by atoms with Gasteiger partial charge in [0.2, 0.25) is 15.9 Å². The van der Waals surface area contributed by atoms with E-state index in [9.17, 15) is 18.0 Å². The van der Waals surface area contributed by atoms with Crippen molar-refractivity contribution in [2.24, 2.45) is 0 Å². The molecule has 0 bridgehead atoms. The van der Waals surface area contributed by atoms with Crippen molar-refractivity contribution in [3.05, 3.63) is 35.9 Å². The summed E-state index contributed by atoms with van der Waals surface area (Å²) in [6.45, 7) is 7.90. The second kappa shape index (κ2) is 7.52. The lowest BCUT2D eigenvalue weighted by Crippen LogP contribution is -2.41. The molecule has 0 aromatic heterocycles. The van der Waals surface area contributed by atoms with Crippen molar-refractivity contribution in [3.63, 3.8) is 0 Å². The second-order valence-corrected chi connectivity index (χ2v) is 8.92. The topological polar surface area (TPSA) is 86.8 Å². The number of hydrogen-bond donors (Lipinski definition) is 1. The van der Waals surface area contributed by atoms with Crippen LogP contribution in [0.3, 0.4) is 0 Å². The molecular weight excluding hydrogens is 378 g/mol. The van der Waals surface area contributed by atoms with Gasteiger partial charge in [-0.1, -0.05) is 26.0 Å². The molecule has 0 fully saturated rings. The van der Waals surface area contributed by atoms with Crippen LogP contribution in [-0.2, 0) is 14.8 Å². The van der Waals surface area contributed by atoms with Crippen molar-refractivity contribution in [3.8, 4) is 0 Å². The summed E-state index contributed by atoms with van der Waals surface area (Å²) >= 11 is 0. The molecule has 1 aliphatic heterocycles. The van der Waals surface area contributed by atoms with Gasteiger partial charge in [0.05, 0.1) is 10.6 Å². The van der Waals surface area contributed by atoms with Gasteiger partial charge in [-0.05, 0) is 32.0 Å². The fraction of sp³-hybridized carbons (Fsp3) is 0.400. The SMILES string of the molecule is CCN(CC)S(=O)(=O)c1ccc2c3c(cccc13)C(=O)N2CC(=O)NC(C)C. The Morgan fingerprint density at radius 1 is 1.14 bits per heavy atom. The molecule has 150 valence electrons. The number of carbonyl (C=O) groups excluding carboxylic acids is 2. The summed E-state index contributed by atoms with van der Waals surface area (Å²) in [5.41, 5.74) is 0.981. The maximum absolute atomic E-state index is 13.1. The van der Waals surface area contributed by atoms with Crippen molar-refractivity contribution in [2.75, 3.05) is 24.5 Å². The monoisotopic (exact) mass is 403 g/mol. The maximum Gasteiger partial charge on any atom is 0.259 e. The van der Waals surface area contributed by atoms with Crippen LogP contribution in [0.25, 0.3) is 10.8 Å². The van der Waals surface area contributed by atoms with E-state index in [1.807, 2.05) is 13.8 Å². The first-order chi connectivity index (χ1) is 13.2. The molecule has 3 rings (SSSR count). The van der Waals surface area contributed by atoms with E-state index in [1.165, 1.54) is 15.3 Å².